The predicted molar refractivity (Wildman–Crippen MR) is 118 cm³/mol. The molecule has 2 aromatic carbocycles. The highest BCUT2D eigenvalue weighted by Gasteiger charge is 2.49. The largest absolute Gasteiger partial charge is 0.454 e. The standard InChI is InChI=1S/C24H22BrNO5/c1-14-2-11-19-20(12-14)23(29)26(22(19)28)18-9-5-16(6-10-18)24(30)31-13-21(27)15-3-7-17(25)8-4-15/h3-10,14,19-20H,2,11-13H2,1H3/t14-,19-,20+/m0/s1. The zero-order valence-corrected chi connectivity index (χ0v) is 18.6. The summed E-state index contributed by atoms with van der Waals surface area (Å²) < 4.78 is 5.98. The molecule has 1 aliphatic heterocycles. The van der Waals surface area contributed by atoms with E-state index in [1.54, 1.807) is 36.4 Å². The molecule has 4 rings (SSSR count). The van der Waals surface area contributed by atoms with Crippen LogP contribution >= 0.6 is 15.9 Å². The minimum atomic E-state index is -0.640. The maximum Gasteiger partial charge on any atom is 0.338 e. The lowest BCUT2D eigenvalue weighted by Crippen LogP contribution is -2.30. The molecule has 1 aliphatic carbocycles. The molecular formula is C24H22BrNO5. The Bertz CT molecular complexity index is 1030. The van der Waals surface area contributed by atoms with Gasteiger partial charge in [-0.15, -0.1) is 0 Å². The molecule has 2 aliphatic rings. The zero-order valence-electron chi connectivity index (χ0n) is 17.0. The molecule has 160 valence electrons. The molecule has 1 saturated carbocycles. The van der Waals surface area contributed by atoms with Gasteiger partial charge in [-0.1, -0.05) is 35.0 Å². The molecule has 2 amide bonds. The van der Waals surface area contributed by atoms with Crippen molar-refractivity contribution in [1.82, 2.24) is 0 Å². The summed E-state index contributed by atoms with van der Waals surface area (Å²) in [6.07, 6.45) is 2.43. The number of anilines is 1. The number of ketones is 1. The Labute approximate surface area is 188 Å². The fourth-order valence-corrected chi connectivity index (χ4v) is 4.59. The fraction of sp³-hybridized carbons (Fsp3) is 0.333. The average Bonchev–Trinajstić information content (AvgIpc) is 3.02. The summed E-state index contributed by atoms with van der Waals surface area (Å²) in [7, 11) is 0. The van der Waals surface area contributed by atoms with Crippen LogP contribution in [-0.4, -0.2) is 30.2 Å². The normalized spacial score (nSPS) is 22.9. The van der Waals surface area contributed by atoms with Crippen LogP contribution in [0.15, 0.2) is 53.0 Å². The number of amides is 2. The lowest BCUT2D eigenvalue weighted by molar-refractivity contribution is -0.122. The summed E-state index contributed by atoms with van der Waals surface area (Å²) in [4.78, 5) is 51.3. The van der Waals surface area contributed by atoms with Crippen molar-refractivity contribution in [3.8, 4) is 0 Å². The maximum atomic E-state index is 12.8. The van der Waals surface area contributed by atoms with Crippen LogP contribution in [0, 0.1) is 17.8 Å². The molecular weight excluding hydrogens is 462 g/mol. The van der Waals surface area contributed by atoms with Gasteiger partial charge in [0.25, 0.3) is 0 Å². The third-order valence-electron chi connectivity index (χ3n) is 6.05. The Morgan fingerprint density at radius 2 is 1.55 bits per heavy atom. The van der Waals surface area contributed by atoms with Crippen LogP contribution < -0.4 is 4.90 Å². The van der Waals surface area contributed by atoms with Crippen LogP contribution in [-0.2, 0) is 14.3 Å². The molecule has 3 atom stereocenters. The van der Waals surface area contributed by atoms with Gasteiger partial charge >= 0.3 is 5.97 Å². The van der Waals surface area contributed by atoms with Gasteiger partial charge < -0.3 is 4.74 Å². The number of nitrogens with zero attached hydrogens (tertiary/aromatic N) is 1. The number of imide groups is 1. The van der Waals surface area contributed by atoms with E-state index in [1.807, 2.05) is 0 Å². The number of ether oxygens (including phenoxy) is 1. The van der Waals surface area contributed by atoms with E-state index in [0.717, 1.165) is 23.7 Å². The number of hydrogen-bond donors (Lipinski definition) is 0. The second-order valence-electron chi connectivity index (χ2n) is 8.20. The van der Waals surface area contributed by atoms with Crippen molar-refractivity contribution in [2.45, 2.75) is 26.2 Å². The fourth-order valence-electron chi connectivity index (χ4n) is 4.32. The Balaban J connectivity index is 1.40. The quantitative estimate of drug-likeness (QED) is 0.357. The van der Waals surface area contributed by atoms with E-state index in [1.165, 1.54) is 17.0 Å². The number of hydrogen-bond acceptors (Lipinski definition) is 5. The zero-order chi connectivity index (χ0) is 22.1. The lowest BCUT2D eigenvalue weighted by atomic mass is 9.76. The molecule has 0 aromatic heterocycles. The topological polar surface area (TPSA) is 80.8 Å². The van der Waals surface area contributed by atoms with Crippen LogP contribution in [0.3, 0.4) is 0 Å². The van der Waals surface area contributed by atoms with Crippen LogP contribution in [0.25, 0.3) is 0 Å². The number of Topliss-reactive ketones (excluding diaryl/α,β-unsaturated/α-hetero) is 1. The molecule has 6 nitrogen and oxygen atoms in total. The first-order chi connectivity index (χ1) is 14.8. The van der Waals surface area contributed by atoms with Crippen molar-refractivity contribution in [3.05, 3.63) is 64.1 Å². The molecule has 31 heavy (non-hydrogen) atoms. The van der Waals surface area contributed by atoms with E-state index < -0.39 is 5.97 Å². The van der Waals surface area contributed by atoms with Gasteiger partial charge in [-0.25, -0.2) is 4.79 Å². The molecule has 7 heteroatoms. The van der Waals surface area contributed by atoms with Crippen molar-refractivity contribution in [2.24, 2.45) is 17.8 Å². The minimum absolute atomic E-state index is 0.155. The van der Waals surface area contributed by atoms with E-state index >= 15 is 0 Å². The van der Waals surface area contributed by atoms with Crippen molar-refractivity contribution in [1.29, 1.82) is 0 Å². The van der Waals surface area contributed by atoms with E-state index in [2.05, 4.69) is 22.9 Å². The maximum absolute atomic E-state index is 12.8. The lowest BCUT2D eigenvalue weighted by Gasteiger charge is -2.25. The highest BCUT2D eigenvalue weighted by Crippen LogP contribution is 2.42. The monoisotopic (exact) mass is 483 g/mol. The number of carbonyl (C=O) groups excluding carboxylic acids is 4. The smallest absolute Gasteiger partial charge is 0.338 e. The second kappa shape index (κ2) is 8.75. The third kappa shape index (κ3) is 4.32. The van der Waals surface area contributed by atoms with E-state index in [0.29, 0.717) is 17.2 Å². The first-order valence-corrected chi connectivity index (χ1v) is 11.1. The summed E-state index contributed by atoms with van der Waals surface area (Å²) in [5.41, 5.74) is 1.16. The molecule has 2 fully saturated rings. The number of rotatable bonds is 5. The van der Waals surface area contributed by atoms with Gasteiger partial charge in [-0.05, 0) is 61.6 Å². The Kier molecular flexibility index (Phi) is 6.05. The van der Waals surface area contributed by atoms with Crippen LogP contribution in [0.5, 0.6) is 0 Å². The van der Waals surface area contributed by atoms with Crippen LogP contribution in [0.1, 0.15) is 46.9 Å². The number of fused-ring (bicyclic) bond motifs is 1. The molecule has 1 heterocycles. The van der Waals surface area contributed by atoms with Gasteiger partial charge in [0.05, 0.1) is 23.1 Å². The van der Waals surface area contributed by atoms with E-state index in [-0.39, 0.29) is 41.6 Å². The molecule has 0 spiro atoms. The minimum Gasteiger partial charge on any atom is -0.454 e. The summed E-state index contributed by atoms with van der Waals surface area (Å²) in [6.45, 7) is 1.74. The highest BCUT2D eigenvalue weighted by molar-refractivity contribution is 9.10. The van der Waals surface area contributed by atoms with Gasteiger partial charge in [0.2, 0.25) is 11.8 Å². The summed E-state index contributed by atoms with van der Waals surface area (Å²) >= 11 is 3.30. The number of carbonyl (C=O) groups is 4. The third-order valence-corrected chi connectivity index (χ3v) is 6.58. The van der Waals surface area contributed by atoms with Gasteiger partial charge in [0.15, 0.2) is 12.4 Å². The first-order valence-electron chi connectivity index (χ1n) is 10.3. The first kappa shape index (κ1) is 21.4. The van der Waals surface area contributed by atoms with Gasteiger partial charge in [0.1, 0.15) is 0 Å². The Morgan fingerprint density at radius 3 is 2.23 bits per heavy atom. The second-order valence-corrected chi connectivity index (χ2v) is 9.11. The summed E-state index contributed by atoms with van der Waals surface area (Å²) in [5.74, 6) is -1.30. The van der Waals surface area contributed by atoms with E-state index in [9.17, 15) is 19.2 Å². The number of esters is 1. The summed E-state index contributed by atoms with van der Waals surface area (Å²) in [6, 6.07) is 12.9. The molecule has 1 saturated heterocycles. The van der Waals surface area contributed by atoms with E-state index in [4.69, 9.17) is 4.74 Å². The SMILES string of the molecule is C[C@H]1CC[C@@H]2C(=O)N(c3ccc(C(=O)OCC(=O)c4ccc(Br)cc4)cc3)C(=O)[C@@H]2C1. The van der Waals surface area contributed by atoms with Crippen molar-refractivity contribution in [3.63, 3.8) is 0 Å². The predicted octanol–water partition coefficient (Wildman–Crippen LogP) is 4.41. The summed E-state index contributed by atoms with van der Waals surface area (Å²) in [5, 5.41) is 0. The van der Waals surface area contributed by atoms with Crippen molar-refractivity contribution < 1.29 is 23.9 Å². The van der Waals surface area contributed by atoms with Gasteiger partial charge in [0, 0.05) is 10.0 Å². The van der Waals surface area contributed by atoms with Gasteiger partial charge in [-0.2, -0.15) is 0 Å². The van der Waals surface area contributed by atoms with Gasteiger partial charge in [-0.3, -0.25) is 19.3 Å². The van der Waals surface area contributed by atoms with Crippen LogP contribution in [0.4, 0.5) is 5.69 Å². The Morgan fingerprint density at radius 1 is 0.935 bits per heavy atom. The van der Waals surface area contributed by atoms with Crippen molar-refractivity contribution >= 4 is 45.2 Å². The van der Waals surface area contributed by atoms with Crippen molar-refractivity contribution in [2.75, 3.05) is 11.5 Å². The highest BCUT2D eigenvalue weighted by atomic mass is 79.9. The molecule has 0 bridgehead atoms. The molecule has 2 aromatic rings. The molecule has 0 radical (unpaired) electrons. The average molecular weight is 484 g/mol. The number of halogens is 1. The number of benzene rings is 2. The molecule has 0 N–H and O–H groups in total. The molecule has 0 unspecified atom stereocenters. The van der Waals surface area contributed by atoms with Crippen LogP contribution in [0.2, 0.25) is 0 Å². The Hall–Kier alpha value is -2.80.